The summed E-state index contributed by atoms with van der Waals surface area (Å²) in [5.41, 5.74) is 2.27. The van der Waals surface area contributed by atoms with Crippen molar-refractivity contribution in [2.45, 2.75) is 0 Å². The highest BCUT2D eigenvalue weighted by Crippen LogP contribution is 2.33. The first-order valence-corrected chi connectivity index (χ1v) is 7.71. The Kier molecular flexibility index (Phi) is 3.91. The largest absolute Gasteiger partial charge is 0.454 e. The number of nitrogens with one attached hydrogen (secondary N) is 2. The molecular weight excluding hydrogens is 345 g/mol. The van der Waals surface area contributed by atoms with Gasteiger partial charge in [-0.15, -0.1) is 0 Å². The molecule has 8 heteroatoms. The molecule has 0 unspecified atom stereocenters. The fourth-order valence-corrected chi connectivity index (χ4v) is 2.53. The Morgan fingerprint density at radius 1 is 1.16 bits per heavy atom. The number of hydrogen-bond donors (Lipinski definition) is 2. The lowest BCUT2D eigenvalue weighted by Crippen LogP contribution is -1.93. The summed E-state index contributed by atoms with van der Waals surface area (Å²) in [6, 6.07) is 10.1. The molecule has 124 valence electrons. The van der Waals surface area contributed by atoms with E-state index in [4.69, 9.17) is 16.3 Å². The van der Waals surface area contributed by atoms with Gasteiger partial charge in [-0.1, -0.05) is 11.6 Å². The summed E-state index contributed by atoms with van der Waals surface area (Å²) in [5.74, 6) is 0.772. The van der Waals surface area contributed by atoms with Crippen LogP contribution in [0.2, 0.25) is 5.02 Å². The van der Waals surface area contributed by atoms with Gasteiger partial charge < -0.3 is 10.1 Å². The molecule has 2 N–H and O–H groups in total. The number of pyridine rings is 2. The third-order valence-corrected chi connectivity index (χ3v) is 3.72. The minimum Gasteiger partial charge on any atom is -0.454 e. The molecule has 0 aliphatic carbocycles. The van der Waals surface area contributed by atoms with Crippen LogP contribution in [-0.2, 0) is 0 Å². The molecule has 4 aromatic rings. The Morgan fingerprint density at radius 3 is 2.92 bits per heavy atom. The van der Waals surface area contributed by atoms with Crippen LogP contribution in [0.1, 0.15) is 0 Å². The number of ether oxygens (including phenoxy) is 1. The smallest absolute Gasteiger partial charge is 0.178 e. The summed E-state index contributed by atoms with van der Waals surface area (Å²) >= 11 is 6.25. The molecule has 1 aromatic carbocycles. The zero-order valence-corrected chi connectivity index (χ0v) is 13.5. The van der Waals surface area contributed by atoms with Gasteiger partial charge in [0.15, 0.2) is 5.82 Å². The molecule has 25 heavy (non-hydrogen) atoms. The van der Waals surface area contributed by atoms with E-state index >= 15 is 0 Å². The molecular formula is C17H11ClFN5O. The fourth-order valence-electron chi connectivity index (χ4n) is 2.31. The minimum atomic E-state index is -0.482. The lowest BCUT2D eigenvalue weighted by Gasteiger charge is -2.09. The van der Waals surface area contributed by atoms with Crippen LogP contribution >= 0.6 is 11.6 Å². The highest BCUT2D eigenvalue weighted by molar-refractivity contribution is 6.32. The van der Waals surface area contributed by atoms with Crippen molar-refractivity contribution in [3.05, 3.63) is 65.8 Å². The quantitative estimate of drug-likeness (QED) is 0.556. The van der Waals surface area contributed by atoms with Gasteiger partial charge >= 0.3 is 0 Å². The molecule has 3 heterocycles. The highest BCUT2D eigenvalue weighted by atomic mass is 35.5. The summed E-state index contributed by atoms with van der Waals surface area (Å²) < 4.78 is 18.7. The second-order valence-corrected chi connectivity index (χ2v) is 5.59. The second kappa shape index (κ2) is 6.37. The maximum Gasteiger partial charge on any atom is 0.178 e. The number of anilines is 2. The molecule has 0 amide bonds. The van der Waals surface area contributed by atoms with E-state index in [1.165, 1.54) is 12.3 Å². The first-order valence-electron chi connectivity index (χ1n) is 7.33. The molecule has 0 aliphatic rings. The first kappa shape index (κ1) is 15.3. The fraction of sp³-hybridized carbons (Fsp3) is 0. The van der Waals surface area contributed by atoms with Crippen molar-refractivity contribution in [2.24, 2.45) is 0 Å². The van der Waals surface area contributed by atoms with E-state index in [1.54, 1.807) is 24.4 Å². The van der Waals surface area contributed by atoms with E-state index in [9.17, 15) is 4.39 Å². The monoisotopic (exact) mass is 355 g/mol. The maximum absolute atomic E-state index is 13.2. The summed E-state index contributed by atoms with van der Waals surface area (Å²) in [5, 5.41) is 10.6. The molecule has 0 aliphatic heterocycles. The summed E-state index contributed by atoms with van der Waals surface area (Å²) in [7, 11) is 0. The standard InChI is InChI=1S/C17H11ClFN5O/c18-13-7-11(22-17-16-14(23-24-17)2-1-5-21-16)3-4-15(13)25-12-6-10(19)8-20-9-12/h1-9H,(H2,22,23,24). The number of aromatic nitrogens is 4. The van der Waals surface area contributed by atoms with Crippen LogP contribution in [0.4, 0.5) is 15.9 Å². The lowest BCUT2D eigenvalue weighted by atomic mass is 10.3. The van der Waals surface area contributed by atoms with Crippen LogP contribution < -0.4 is 10.1 Å². The third-order valence-electron chi connectivity index (χ3n) is 3.42. The average Bonchev–Trinajstić information content (AvgIpc) is 3.01. The van der Waals surface area contributed by atoms with Crippen molar-refractivity contribution < 1.29 is 9.13 Å². The molecule has 0 radical (unpaired) electrons. The first-order chi connectivity index (χ1) is 12.2. The molecule has 4 rings (SSSR count). The van der Waals surface area contributed by atoms with Crippen molar-refractivity contribution in [1.82, 2.24) is 20.2 Å². The minimum absolute atomic E-state index is 0.269. The van der Waals surface area contributed by atoms with Gasteiger partial charge in [0.05, 0.1) is 22.9 Å². The van der Waals surface area contributed by atoms with Gasteiger partial charge in [0.25, 0.3) is 0 Å². The number of fused-ring (bicyclic) bond motifs is 1. The average molecular weight is 356 g/mol. The van der Waals surface area contributed by atoms with Crippen molar-refractivity contribution in [1.29, 1.82) is 0 Å². The normalized spacial score (nSPS) is 10.8. The van der Waals surface area contributed by atoms with Crippen LogP contribution in [0.3, 0.4) is 0 Å². The molecule has 6 nitrogen and oxygen atoms in total. The molecule has 0 atom stereocenters. The van der Waals surface area contributed by atoms with Crippen molar-refractivity contribution in [3.8, 4) is 11.5 Å². The van der Waals surface area contributed by atoms with Crippen LogP contribution in [0.5, 0.6) is 11.5 Å². The predicted molar refractivity (Wildman–Crippen MR) is 92.9 cm³/mol. The summed E-state index contributed by atoms with van der Waals surface area (Å²) in [4.78, 5) is 8.02. The molecule has 3 aromatic heterocycles. The van der Waals surface area contributed by atoms with E-state index in [0.29, 0.717) is 22.3 Å². The predicted octanol–water partition coefficient (Wildman–Crippen LogP) is 4.68. The Labute approximate surface area is 146 Å². The topological polar surface area (TPSA) is 75.7 Å². The Hall–Kier alpha value is -3.19. The molecule has 0 bridgehead atoms. The molecule has 0 spiro atoms. The Bertz CT molecular complexity index is 1050. The molecule has 0 saturated heterocycles. The number of H-pyrrole nitrogens is 1. The van der Waals surface area contributed by atoms with Gasteiger partial charge in [0, 0.05) is 18.0 Å². The van der Waals surface area contributed by atoms with Gasteiger partial charge in [-0.3, -0.25) is 15.1 Å². The van der Waals surface area contributed by atoms with E-state index in [-0.39, 0.29) is 5.75 Å². The number of aromatic amines is 1. The van der Waals surface area contributed by atoms with Gasteiger partial charge in [0.2, 0.25) is 0 Å². The van der Waals surface area contributed by atoms with Crippen LogP contribution in [0.15, 0.2) is 55.0 Å². The van der Waals surface area contributed by atoms with Gasteiger partial charge in [-0.25, -0.2) is 4.39 Å². The molecule has 0 saturated carbocycles. The second-order valence-electron chi connectivity index (χ2n) is 5.18. The van der Waals surface area contributed by atoms with Crippen LogP contribution in [-0.4, -0.2) is 20.2 Å². The number of halogens is 2. The Morgan fingerprint density at radius 2 is 2.08 bits per heavy atom. The number of nitrogens with zero attached hydrogens (tertiary/aromatic N) is 3. The van der Waals surface area contributed by atoms with E-state index in [2.05, 4.69) is 25.5 Å². The van der Waals surface area contributed by atoms with Crippen LogP contribution in [0.25, 0.3) is 11.0 Å². The molecule has 0 fully saturated rings. The van der Waals surface area contributed by atoms with E-state index in [1.807, 2.05) is 12.1 Å². The zero-order chi connectivity index (χ0) is 17.2. The maximum atomic E-state index is 13.2. The lowest BCUT2D eigenvalue weighted by molar-refractivity contribution is 0.473. The highest BCUT2D eigenvalue weighted by Gasteiger charge is 2.09. The number of hydrogen-bond acceptors (Lipinski definition) is 5. The van der Waals surface area contributed by atoms with E-state index < -0.39 is 5.82 Å². The van der Waals surface area contributed by atoms with Crippen molar-refractivity contribution >= 4 is 34.1 Å². The number of benzene rings is 1. The van der Waals surface area contributed by atoms with Gasteiger partial charge in [-0.05, 0) is 30.3 Å². The SMILES string of the molecule is Fc1cncc(Oc2ccc(Nc3n[nH]c4cccnc34)cc2Cl)c1. The summed E-state index contributed by atoms with van der Waals surface area (Å²) in [6.45, 7) is 0. The van der Waals surface area contributed by atoms with E-state index in [0.717, 1.165) is 17.2 Å². The zero-order valence-electron chi connectivity index (χ0n) is 12.7. The van der Waals surface area contributed by atoms with Gasteiger partial charge in [-0.2, -0.15) is 5.10 Å². The van der Waals surface area contributed by atoms with Crippen LogP contribution in [0, 0.1) is 5.82 Å². The van der Waals surface area contributed by atoms with Crippen molar-refractivity contribution in [2.75, 3.05) is 5.32 Å². The summed E-state index contributed by atoms with van der Waals surface area (Å²) in [6.07, 6.45) is 4.21. The Balaban J connectivity index is 1.57. The van der Waals surface area contributed by atoms with Gasteiger partial charge in [0.1, 0.15) is 22.8 Å². The van der Waals surface area contributed by atoms with Crippen molar-refractivity contribution in [3.63, 3.8) is 0 Å². The number of rotatable bonds is 4. The third kappa shape index (κ3) is 3.22.